The fourth-order valence-corrected chi connectivity index (χ4v) is 1.68. The predicted molar refractivity (Wildman–Crippen MR) is 63.1 cm³/mol. The zero-order chi connectivity index (χ0) is 16.4. The molecule has 22 heavy (non-hydrogen) atoms. The van der Waals surface area contributed by atoms with E-state index in [-0.39, 0.29) is 0 Å². The maximum absolute atomic E-state index is 13.8. The minimum absolute atomic E-state index is 0.416. The number of halogens is 5. The molecule has 0 aliphatic carbocycles. The number of benzene rings is 1. The number of hydrogen-bond acceptors (Lipinski definition) is 3. The van der Waals surface area contributed by atoms with Crippen LogP contribution in [0.15, 0.2) is 24.3 Å². The van der Waals surface area contributed by atoms with Gasteiger partial charge in [-0.2, -0.15) is 8.78 Å². The van der Waals surface area contributed by atoms with Crippen molar-refractivity contribution < 1.29 is 36.6 Å². The fourth-order valence-electron chi connectivity index (χ4n) is 1.68. The average molecular weight is 319 g/mol. The number of pyridine rings is 1. The number of aromatic carboxylic acids is 1. The zero-order valence-corrected chi connectivity index (χ0v) is 10.5. The molecule has 2 aromatic rings. The molecular formula is C13H6F5NO3. The Morgan fingerprint density at radius 1 is 1.09 bits per heavy atom. The molecule has 1 heterocycles. The summed E-state index contributed by atoms with van der Waals surface area (Å²) in [5.74, 6) is -6.36. The summed E-state index contributed by atoms with van der Waals surface area (Å²) in [4.78, 5) is 14.1. The molecular weight excluding hydrogens is 313 g/mol. The Bertz CT molecular complexity index is 713. The summed E-state index contributed by atoms with van der Waals surface area (Å²) in [7, 11) is 0. The number of carboxylic acid groups (broad SMARTS) is 1. The molecule has 0 saturated carbocycles. The number of alkyl halides is 2. The summed E-state index contributed by atoms with van der Waals surface area (Å²) >= 11 is 0. The third-order valence-electron chi connectivity index (χ3n) is 2.54. The first-order valence-electron chi connectivity index (χ1n) is 5.63. The van der Waals surface area contributed by atoms with Crippen LogP contribution in [0.2, 0.25) is 0 Å². The molecule has 0 spiro atoms. The zero-order valence-electron chi connectivity index (χ0n) is 10.5. The second kappa shape index (κ2) is 5.96. The van der Waals surface area contributed by atoms with Crippen molar-refractivity contribution in [1.29, 1.82) is 0 Å². The van der Waals surface area contributed by atoms with Crippen LogP contribution in [0.5, 0.6) is 5.75 Å². The van der Waals surface area contributed by atoms with Gasteiger partial charge in [-0.1, -0.05) is 0 Å². The van der Waals surface area contributed by atoms with E-state index < -0.39 is 52.7 Å². The highest BCUT2D eigenvalue weighted by Gasteiger charge is 2.21. The van der Waals surface area contributed by atoms with Crippen molar-refractivity contribution in [3.05, 3.63) is 47.4 Å². The van der Waals surface area contributed by atoms with Gasteiger partial charge in [0.05, 0.1) is 5.56 Å². The van der Waals surface area contributed by atoms with Crippen LogP contribution in [-0.4, -0.2) is 22.7 Å². The van der Waals surface area contributed by atoms with E-state index in [0.717, 1.165) is 6.07 Å². The van der Waals surface area contributed by atoms with Crippen LogP contribution >= 0.6 is 0 Å². The van der Waals surface area contributed by atoms with E-state index in [1.165, 1.54) is 0 Å². The lowest BCUT2D eigenvalue weighted by Crippen LogP contribution is -2.06. The van der Waals surface area contributed by atoms with E-state index in [0.29, 0.717) is 18.2 Å². The largest absolute Gasteiger partial charge is 0.477 e. The van der Waals surface area contributed by atoms with Gasteiger partial charge in [-0.25, -0.2) is 22.9 Å². The molecule has 0 fully saturated rings. The second-order valence-electron chi connectivity index (χ2n) is 3.97. The SMILES string of the molecule is O=C(O)c1ccc(F)c(-c2c(F)cc(OC(F)F)cc2F)n1. The summed E-state index contributed by atoms with van der Waals surface area (Å²) in [6.07, 6.45) is 0. The maximum atomic E-state index is 13.8. The first-order valence-corrected chi connectivity index (χ1v) is 5.63. The van der Waals surface area contributed by atoms with E-state index in [9.17, 15) is 26.7 Å². The summed E-state index contributed by atoms with van der Waals surface area (Å²) < 4.78 is 69.2. The van der Waals surface area contributed by atoms with E-state index in [1.54, 1.807) is 0 Å². The van der Waals surface area contributed by atoms with Gasteiger partial charge in [-0.05, 0) is 12.1 Å². The molecule has 4 nitrogen and oxygen atoms in total. The summed E-state index contributed by atoms with van der Waals surface area (Å²) in [5.41, 5.74) is -2.51. The highest BCUT2D eigenvalue weighted by molar-refractivity contribution is 5.86. The number of carboxylic acids is 1. The predicted octanol–water partition coefficient (Wildman–Crippen LogP) is 3.47. The van der Waals surface area contributed by atoms with E-state index in [1.807, 2.05) is 0 Å². The highest BCUT2D eigenvalue weighted by atomic mass is 19.3. The molecule has 0 bridgehead atoms. The fraction of sp³-hybridized carbons (Fsp3) is 0.0769. The molecule has 0 aliphatic heterocycles. The quantitative estimate of drug-likeness (QED) is 0.877. The molecule has 0 aliphatic rings. The lowest BCUT2D eigenvalue weighted by Gasteiger charge is -2.10. The number of ether oxygens (including phenoxy) is 1. The van der Waals surface area contributed by atoms with Crippen molar-refractivity contribution in [2.75, 3.05) is 0 Å². The molecule has 0 radical (unpaired) electrons. The van der Waals surface area contributed by atoms with Crippen LogP contribution in [-0.2, 0) is 0 Å². The smallest absolute Gasteiger partial charge is 0.387 e. The van der Waals surface area contributed by atoms with Crippen molar-refractivity contribution in [2.45, 2.75) is 6.61 Å². The van der Waals surface area contributed by atoms with Gasteiger partial charge >= 0.3 is 12.6 Å². The van der Waals surface area contributed by atoms with Crippen LogP contribution in [0, 0.1) is 17.5 Å². The van der Waals surface area contributed by atoms with Crippen molar-refractivity contribution >= 4 is 5.97 Å². The third-order valence-corrected chi connectivity index (χ3v) is 2.54. The summed E-state index contributed by atoms with van der Waals surface area (Å²) in [6, 6.07) is 2.32. The molecule has 0 unspecified atom stereocenters. The molecule has 1 aromatic carbocycles. The topological polar surface area (TPSA) is 59.4 Å². The number of nitrogens with zero attached hydrogens (tertiary/aromatic N) is 1. The lowest BCUT2D eigenvalue weighted by atomic mass is 10.1. The standard InChI is InChI=1S/C13H6F5NO3/c14-6-1-2-9(12(20)21)19-11(6)10-7(15)3-5(4-8(10)16)22-13(17)18/h1-4,13H,(H,20,21). The molecule has 1 aromatic heterocycles. The lowest BCUT2D eigenvalue weighted by molar-refractivity contribution is -0.0501. The van der Waals surface area contributed by atoms with Gasteiger partial charge in [0.15, 0.2) is 0 Å². The average Bonchev–Trinajstić information content (AvgIpc) is 2.38. The highest BCUT2D eigenvalue weighted by Crippen LogP contribution is 2.31. The third kappa shape index (κ3) is 3.13. The van der Waals surface area contributed by atoms with E-state index in [2.05, 4.69) is 9.72 Å². The van der Waals surface area contributed by atoms with Crippen LogP contribution in [0.4, 0.5) is 22.0 Å². The Balaban J connectivity index is 2.58. The van der Waals surface area contributed by atoms with Gasteiger partial charge in [0.2, 0.25) is 0 Å². The Morgan fingerprint density at radius 3 is 2.18 bits per heavy atom. The Labute approximate surface area is 119 Å². The molecule has 1 N–H and O–H groups in total. The van der Waals surface area contributed by atoms with Crippen molar-refractivity contribution in [3.63, 3.8) is 0 Å². The Kier molecular flexibility index (Phi) is 4.25. The van der Waals surface area contributed by atoms with Gasteiger partial charge in [-0.15, -0.1) is 0 Å². The second-order valence-corrected chi connectivity index (χ2v) is 3.97. The number of rotatable bonds is 4. The van der Waals surface area contributed by atoms with Gasteiger partial charge in [0.25, 0.3) is 0 Å². The number of aromatic nitrogens is 1. The van der Waals surface area contributed by atoms with Crippen LogP contribution < -0.4 is 4.74 Å². The van der Waals surface area contributed by atoms with Gasteiger partial charge < -0.3 is 9.84 Å². The normalized spacial score (nSPS) is 10.8. The van der Waals surface area contributed by atoms with Crippen molar-refractivity contribution in [1.82, 2.24) is 4.98 Å². The molecule has 0 amide bonds. The van der Waals surface area contributed by atoms with E-state index >= 15 is 0 Å². The van der Waals surface area contributed by atoms with Crippen molar-refractivity contribution in [3.8, 4) is 17.0 Å². The summed E-state index contributed by atoms with van der Waals surface area (Å²) in [5, 5.41) is 8.75. The minimum atomic E-state index is -3.30. The Morgan fingerprint density at radius 2 is 1.68 bits per heavy atom. The van der Waals surface area contributed by atoms with Gasteiger partial charge in [0.1, 0.15) is 34.6 Å². The number of hydrogen-bond donors (Lipinski definition) is 1. The molecule has 0 saturated heterocycles. The number of carbonyl (C=O) groups is 1. The molecule has 9 heteroatoms. The monoisotopic (exact) mass is 319 g/mol. The first kappa shape index (κ1) is 15.7. The van der Waals surface area contributed by atoms with E-state index in [4.69, 9.17) is 5.11 Å². The van der Waals surface area contributed by atoms with Crippen molar-refractivity contribution in [2.24, 2.45) is 0 Å². The molecule has 0 atom stereocenters. The van der Waals surface area contributed by atoms with Gasteiger partial charge in [-0.3, -0.25) is 0 Å². The maximum Gasteiger partial charge on any atom is 0.387 e. The Hall–Kier alpha value is -2.71. The molecule has 116 valence electrons. The summed E-state index contributed by atoms with van der Waals surface area (Å²) in [6.45, 7) is -3.30. The van der Waals surface area contributed by atoms with Crippen LogP contribution in [0.25, 0.3) is 11.3 Å². The van der Waals surface area contributed by atoms with Crippen LogP contribution in [0.3, 0.4) is 0 Å². The minimum Gasteiger partial charge on any atom is -0.477 e. The molecule has 2 rings (SSSR count). The van der Waals surface area contributed by atoms with Gasteiger partial charge in [0, 0.05) is 12.1 Å². The first-order chi connectivity index (χ1) is 10.3. The van der Waals surface area contributed by atoms with Crippen LogP contribution in [0.1, 0.15) is 10.5 Å².